The van der Waals surface area contributed by atoms with Crippen LogP contribution in [-0.4, -0.2) is 63.7 Å². The molecule has 10 heteroatoms. The van der Waals surface area contributed by atoms with Gasteiger partial charge in [0.15, 0.2) is 11.5 Å². The second kappa shape index (κ2) is 11.4. The molecular formula is C25H33N3O6S. The molecule has 0 saturated carbocycles. The Morgan fingerprint density at radius 2 is 1.66 bits per heavy atom. The lowest BCUT2D eigenvalue weighted by molar-refractivity contribution is -0.139. The lowest BCUT2D eigenvalue weighted by atomic mass is 10.1. The number of sulfonamides is 1. The van der Waals surface area contributed by atoms with Crippen LogP contribution in [0.25, 0.3) is 0 Å². The number of rotatable bonds is 10. The summed E-state index contributed by atoms with van der Waals surface area (Å²) in [5.41, 5.74) is 1.11. The Labute approximate surface area is 207 Å². The number of fused-ring (bicyclic) bond motifs is 1. The van der Waals surface area contributed by atoms with Gasteiger partial charge in [-0.3, -0.25) is 13.9 Å². The summed E-state index contributed by atoms with van der Waals surface area (Å²) in [5, 5.41) is 2.86. The molecule has 9 nitrogen and oxygen atoms in total. The van der Waals surface area contributed by atoms with Gasteiger partial charge in [0.25, 0.3) is 0 Å². The van der Waals surface area contributed by atoms with Gasteiger partial charge >= 0.3 is 0 Å². The number of nitrogens with one attached hydrogen (secondary N) is 1. The first-order valence-electron chi connectivity index (χ1n) is 11.5. The molecule has 2 amide bonds. The third-order valence-corrected chi connectivity index (χ3v) is 6.68. The van der Waals surface area contributed by atoms with Crippen molar-refractivity contribution in [2.75, 3.05) is 36.9 Å². The van der Waals surface area contributed by atoms with Crippen LogP contribution in [0.2, 0.25) is 0 Å². The van der Waals surface area contributed by atoms with E-state index in [4.69, 9.17) is 9.47 Å². The Balaban J connectivity index is 1.88. The van der Waals surface area contributed by atoms with Crippen LogP contribution >= 0.6 is 0 Å². The fourth-order valence-corrected chi connectivity index (χ4v) is 4.46. The Bertz CT molecular complexity index is 1140. The second-order valence-corrected chi connectivity index (χ2v) is 10.8. The number of ether oxygens (including phenoxy) is 2. The SMILES string of the molecule is CC(C)CNC(=O)[C@H](C)N(Cc1ccccc1)C(=O)CN(c1ccc2c(c1)OCCO2)S(C)(=O)=O. The van der Waals surface area contributed by atoms with Gasteiger partial charge in [0, 0.05) is 19.2 Å². The predicted molar refractivity (Wildman–Crippen MR) is 134 cm³/mol. The minimum absolute atomic E-state index is 0.161. The van der Waals surface area contributed by atoms with Crippen molar-refractivity contribution in [1.82, 2.24) is 10.2 Å². The van der Waals surface area contributed by atoms with Crippen molar-refractivity contribution in [3.63, 3.8) is 0 Å². The number of benzene rings is 2. The van der Waals surface area contributed by atoms with Crippen molar-refractivity contribution in [1.29, 1.82) is 0 Å². The van der Waals surface area contributed by atoms with Crippen molar-refractivity contribution in [2.45, 2.75) is 33.4 Å². The maximum absolute atomic E-state index is 13.5. The number of amides is 2. The third kappa shape index (κ3) is 7.11. The highest BCUT2D eigenvalue weighted by Gasteiger charge is 2.30. The van der Waals surface area contributed by atoms with E-state index in [0.717, 1.165) is 16.1 Å². The highest BCUT2D eigenvalue weighted by atomic mass is 32.2. The quantitative estimate of drug-likeness (QED) is 0.534. The van der Waals surface area contributed by atoms with E-state index in [0.29, 0.717) is 31.3 Å². The molecule has 1 N–H and O–H groups in total. The second-order valence-electron chi connectivity index (χ2n) is 8.92. The number of hydrogen-bond acceptors (Lipinski definition) is 6. The average molecular weight is 504 g/mol. The first-order chi connectivity index (χ1) is 16.6. The van der Waals surface area contributed by atoms with Crippen LogP contribution < -0.4 is 19.1 Å². The van der Waals surface area contributed by atoms with Crippen molar-refractivity contribution in [3.8, 4) is 11.5 Å². The maximum Gasteiger partial charge on any atom is 0.244 e. The molecule has 0 radical (unpaired) electrons. The zero-order valence-electron chi connectivity index (χ0n) is 20.6. The summed E-state index contributed by atoms with van der Waals surface area (Å²) in [5.74, 6) is 0.383. The van der Waals surface area contributed by atoms with Gasteiger partial charge < -0.3 is 19.7 Å². The van der Waals surface area contributed by atoms with Crippen LogP contribution in [0.5, 0.6) is 11.5 Å². The first-order valence-corrected chi connectivity index (χ1v) is 13.4. The zero-order valence-corrected chi connectivity index (χ0v) is 21.4. The van der Waals surface area contributed by atoms with Crippen molar-refractivity contribution in [3.05, 3.63) is 54.1 Å². The average Bonchev–Trinajstić information content (AvgIpc) is 2.83. The molecule has 1 aliphatic heterocycles. The fourth-order valence-electron chi connectivity index (χ4n) is 3.62. The summed E-state index contributed by atoms with van der Waals surface area (Å²) in [7, 11) is -3.82. The summed E-state index contributed by atoms with van der Waals surface area (Å²) in [6.07, 6.45) is 1.04. The van der Waals surface area contributed by atoms with E-state index in [1.165, 1.54) is 4.90 Å². The van der Waals surface area contributed by atoms with Crippen molar-refractivity contribution >= 4 is 27.5 Å². The molecule has 0 unspecified atom stereocenters. The monoisotopic (exact) mass is 503 g/mol. The van der Waals surface area contributed by atoms with Gasteiger partial charge in [0.1, 0.15) is 25.8 Å². The van der Waals surface area contributed by atoms with E-state index >= 15 is 0 Å². The molecule has 0 fully saturated rings. The number of carbonyl (C=O) groups excluding carboxylic acids is 2. The Morgan fingerprint density at radius 3 is 2.29 bits per heavy atom. The van der Waals surface area contributed by atoms with E-state index in [2.05, 4.69) is 5.32 Å². The standard InChI is InChI=1S/C25H33N3O6S/c1-18(2)15-26-25(30)19(3)27(16-20-8-6-5-7-9-20)24(29)17-28(35(4,31)32)21-10-11-22-23(14-21)34-13-12-33-22/h5-11,14,18-19H,12-13,15-17H2,1-4H3,(H,26,30)/t19-/m0/s1. The van der Waals surface area contributed by atoms with Crippen LogP contribution in [-0.2, 0) is 26.2 Å². The van der Waals surface area contributed by atoms with E-state index in [1.807, 2.05) is 44.2 Å². The van der Waals surface area contributed by atoms with Crippen LogP contribution in [0.3, 0.4) is 0 Å². The molecule has 2 aromatic carbocycles. The number of hydrogen-bond donors (Lipinski definition) is 1. The molecule has 0 aliphatic carbocycles. The lowest BCUT2D eigenvalue weighted by Gasteiger charge is -2.32. The molecule has 190 valence electrons. The zero-order chi connectivity index (χ0) is 25.6. The van der Waals surface area contributed by atoms with Crippen LogP contribution in [0.15, 0.2) is 48.5 Å². The van der Waals surface area contributed by atoms with Crippen LogP contribution in [0.4, 0.5) is 5.69 Å². The van der Waals surface area contributed by atoms with Gasteiger partial charge in [-0.15, -0.1) is 0 Å². The predicted octanol–water partition coefficient (Wildman–Crippen LogP) is 2.41. The molecule has 1 atom stereocenters. The summed E-state index contributed by atoms with van der Waals surface area (Å²) in [6.45, 7) is 6.54. The van der Waals surface area contributed by atoms with E-state index in [1.54, 1.807) is 25.1 Å². The summed E-state index contributed by atoms with van der Waals surface area (Å²) in [4.78, 5) is 27.8. The molecule has 1 aliphatic rings. The van der Waals surface area contributed by atoms with Crippen LogP contribution in [0.1, 0.15) is 26.3 Å². The highest BCUT2D eigenvalue weighted by molar-refractivity contribution is 7.92. The third-order valence-electron chi connectivity index (χ3n) is 5.54. The Hall–Kier alpha value is -3.27. The normalized spacial score (nSPS) is 13.7. The molecule has 0 bridgehead atoms. The summed E-state index contributed by atoms with van der Waals surface area (Å²) >= 11 is 0. The van der Waals surface area contributed by atoms with Gasteiger partial charge in [-0.05, 0) is 30.5 Å². The van der Waals surface area contributed by atoms with Gasteiger partial charge in [0.2, 0.25) is 21.8 Å². The van der Waals surface area contributed by atoms with Gasteiger partial charge in [-0.2, -0.15) is 0 Å². The van der Waals surface area contributed by atoms with Crippen molar-refractivity contribution in [2.24, 2.45) is 5.92 Å². The molecule has 3 rings (SSSR count). The Morgan fingerprint density at radius 1 is 1.00 bits per heavy atom. The van der Waals surface area contributed by atoms with Gasteiger partial charge in [-0.1, -0.05) is 44.2 Å². The highest BCUT2D eigenvalue weighted by Crippen LogP contribution is 2.34. The molecule has 0 saturated heterocycles. The number of nitrogens with zero attached hydrogens (tertiary/aromatic N) is 2. The number of anilines is 1. The maximum atomic E-state index is 13.5. The molecule has 1 heterocycles. The van der Waals surface area contributed by atoms with E-state index in [-0.39, 0.29) is 24.1 Å². The molecular weight excluding hydrogens is 470 g/mol. The molecule has 2 aromatic rings. The topological polar surface area (TPSA) is 105 Å². The van der Waals surface area contributed by atoms with E-state index < -0.39 is 28.5 Å². The summed E-state index contributed by atoms with van der Waals surface area (Å²) < 4.78 is 37.5. The first kappa shape index (κ1) is 26.3. The number of carbonyl (C=O) groups is 2. The molecule has 35 heavy (non-hydrogen) atoms. The van der Waals surface area contributed by atoms with Gasteiger partial charge in [0.05, 0.1) is 11.9 Å². The van der Waals surface area contributed by atoms with Crippen molar-refractivity contribution < 1.29 is 27.5 Å². The Kier molecular flexibility index (Phi) is 8.61. The minimum atomic E-state index is -3.82. The summed E-state index contributed by atoms with van der Waals surface area (Å²) in [6, 6.07) is 13.2. The molecule has 0 spiro atoms. The lowest BCUT2D eigenvalue weighted by Crippen LogP contribution is -2.51. The van der Waals surface area contributed by atoms with Crippen LogP contribution in [0, 0.1) is 5.92 Å². The fraction of sp³-hybridized carbons (Fsp3) is 0.440. The van der Waals surface area contributed by atoms with Gasteiger partial charge in [-0.25, -0.2) is 8.42 Å². The minimum Gasteiger partial charge on any atom is -0.486 e. The molecule has 0 aromatic heterocycles. The largest absolute Gasteiger partial charge is 0.486 e. The smallest absolute Gasteiger partial charge is 0.244 e. The van der Waals surface area contributed by atoms with E-state index in [9.17, 15) is 18.0 Å².